The number of aryl methyl sites for hydroxylation is 1. The van der Waals surface area contributed by atoms with Crippen molar-refractivity contribution in [1.82, 2.24) is 0 Å². The third kappa shape index (κ3) is 8.17. The molecule has 10 heteroatoms. The zero-order valence-electron chi connectivity index (χ0n) is 21.3. The van der Waals surface area contributed by atoms with Crippen molar-refractivity contribution in [2.45, 2.75) is 26.5 Å². The molecule has 4 aromatic rings. The molecule has 0 aromatic heterocycles. The first-order chi connectivity index (χ1) is 17.2. The molecule has 4 rings (SSSR count). The maximum absolute atomic E-state index is 12.8. The van der Waals surface area contributed by atoms with Gasteiger partial charge in [0.25, 0.3) is 0 Å². The van der Waals surface area contributed by atoms with Crippen molar-refractivity contribution in [3.8, 4) is 0 Å². The molecule has 0 aliphatic heterocycles. The van der Waals surface area contributed by atoms with E-state index in [-0.39, 0.29) is 75.4 Å². The topological polar surface area (TPSA) is 91.3 Å². The van der Waals surface area contributed by atoms with E-state index >= 15 is 0 Å². The minimum Gasteiger partial charge on any atom is -0.744 e. The molecule has 0 heterocycles. The normalized spacial score (nSPS) is 10.7. The van der Waals surface area contributed by atoms with Crippen LogP contribution in [0.15, 0.2) is 105 Å². The van der Waals surface area contributed by atoms with Gasteiger partial charge in [-0.2, -0.15) is 29.8 Å². The van der Waals surface area contributed by atoms with Gasteiger partial charge in [-0.05, 0) is 66.9 Å². The summed E-state index contributed by atoms with van der Waals surface area (Å²) in [6.45, 7) is 1.84. The van der Waals surface area contributed by atoms with E-state index in [2.05, 4.69) is 6.07 Å². The molecule has 0 aliphatic carbocycles. The number of rotatable bonds is 8. The summed E-state index contributed by atoms with van der Waals surface area (Å²) in [5.41, 5.74) is 2.36. The smallest absolute Gasteiger partial charge is 0.744 e. The van der Waals surface area contributed by atoms with Crippen LogP contribution in [0.25, 0.3) is 0 Å². The molecule has 182 valence electrons. The number of benzene rings is 4. The van der Waals surface area contributed by atoms with Gasteiger partial charge in [0, 0.05) is 31.4 Å². The van der Waals surface area contributed by atoms with Crippen LogP contribution >= 0.6 is 23.5 Å². The third-order valence-electron chi connectivity index (χ3n) is 5.40. The molecular formula is C28H20Na2O5S3. The molecule has 0 saturated heterocycles. The van der Waals surface area contributed by atoms with Gasteiger partial charge in [0.1, 0.15) is 15.9 Å². The molecule has 0 radical (unpaired) electrons. The fourth-order valence-electron chi connectivity index (χ4n) is 3.45. The van der Waals surface area contributed by atoms with Crippen LogP contribution in [0.1, 0.15) is 37.4 Å². The molecule has 0 bridgehead atoms. The van der Waals surface area contributed by atoms with Crippen molar-refractivity contribution in [3.63, 3.8) is 0 Å². The van der Waals surface area contributed by atoms with E-state index in [1.165, 1.54) is 18.2 Å². The second kappa shape index (κ2) is 14.5. The van der Waals surface area contributed by atoms with Gasteiger partial charge >= 0.3 is 59.1 Å². The summed E-state index contributed by atoms with van der Waals surface area (Å²) in [6, 6.07) is 25.9. The van der Waals surface area contributed by atoms with Gasteiger partial charge in [0.05, 0.1) is 4.90 Å². The molecule has 5 nitrogen and oxygen atoms in total. The van der Waals surface area contributed by atoms with Crippen LogP contribution in [0.2, 0.25) is 0 Å². The van der Waals surface area contributed by atoms with Crippen molar-refractivity contribution in [1.29, 1.82) is 0 Å². The average molecular weight is 579 g/mol. The van der Waals surface area contributed by atoms with E-state index in [1.807, 2.05) is 25.3 Å². The summed E-state index contributed by atoms with van der Waals surface area (Å²) >= 11 is 2.66. The molecular weight excluding hydrogens is 558 g/mol. The zero-order valence-corrected chi connectivity index (χ0v) is 27.8. The summed E-state index contributed by atoms with van der Waals surface area (Å²) in [4.78, 5) is 27.0. The van der Waals surface area contributed by atoms with Gasteiger partial charge in [-0.1, -0.05) is 30.3 Å². The summed E-state index contributed by atoms with van der Waals surface area (Å²) in [5, 5.41) is 0. The van der Waals surface area contributed by atoms with Crippen molar-refractivity contribution in [3.05, 3.63) is 119 Å². The Labute approximate surface area is 275 Å². The average Bonchev–Trinajstić information content (AvgIpc) is 2.88. The SMILES string of the molecule is CSc1ccc(C(=O)c2ccc(Sc3ccc(C(=O)c4c[c-]c(C)cc4)cc3S(=O)(=O)[O-])cc2)cc1.[Na+].[Na+]. The second-order valence-electron chi connectivity index (χ2n) is 7.89. The summed E-state index contributed by atoms with van der Waals surface area (Å²) in [7, 11) is -4.85. The van der Waals surface area contributed by atoms with Crippen LogP contribution < -0.4 is 59.1 Å². The van der Waals surface area contributed by atoms with E-state index in [4.69, 9.17) is 0 Å². The van der Waals surface area contributed by atoms with Gasteiger partial charge in [-0.15, -0.1) is 11.8 Å². The Morgan fingerprint density at radius 2 is 1.24 bits per heavy atom. The molecule has 0 atom stereocenters. The van der Waals surface area contributed by atoms with Gasteiger partial charge in [-0.25, -0.2) is 8.42 Å². The van der Waals surface area contributed by atoms with Gasteiger partial charge in [-0.3, -0.25) is 4.79 Å². The molecule has 0 amide bonds. The molecule has 38 heavy (non-hydrogen) atoms. The van der Waals surface area contributed by atoms with Crippen molar-refractivity contribution in [2.75, 3.05) is 6.26 Å². The molecule has 0 N–H and O–H groups in total. The molecule has 0 fully saturated rings. The molecule has 0 saturated carbocycles. The number of carbonyl (C=O) groups is 2. The second-order valence-corrected chi connectivity index (χ2v) is 11.2. The summed E-state index contributed by atoms with van der Waals surface area (Å²) in [6.07, 6.45) is 1.96. The van der Waals surface area contributed by atoms with Crippen molar-refractivity contribution >= 4 is 45.2 Å². The Bertz CT molecular complexity index is 1540. The van der Waals surface area contributed by atoms with Crippen molar-refractivity contribution < 1.29 is 81.7 Å². The van der Waals surface area contributed by atoms with E-state index < -0.39 is 20.8 Å². The summed E-state index contributed by atoms with van der Waals surface area (Å²) in [5.74, 6) is -0.528. The Morgan fingerprint density at radius 1 is 0.737 bits per heavy atom. The molecule has 4 aromatic carbocycles. The van der Waals surface area contributed by atoms with E-state index in [1.54, 1.807) is 60.3 Å². The number of carbonyl (C=O) groups excluding carboxylic acids is 2. The van der Waals surface area contributed by atoms with Crippen LogP contribution in [-0.4, -0.2) is 30.8 Å². The fourth-order valence-corrected chi connectivity index (χ4v) is 5.70. The number of ketones is 2. The molecule has 0 unspecified atom stereocenters. The first kappa shape index (κ1) is 33.0. The standard InChI is InChI=1S/C28H21O5S3.2Na/c1-18-3-5-19(6-4-18)28(30)22-11-16-25(26(17-22)36(31,32)33)35-24-14-9-21(10-15-24)27(29)20-7-12-23(34-2)13-8-20;;/h3,5-17H,1-2H3,(H,31,32,33);;/q-1;2*+1/p-1. The number of hydrogen-bond donors (Lipinski definition) is 0. The van der Waals surface area contributed by atoms with Crippen LogP contribution in [-0.2, 0) is 10.1 Å². The zero-order chi connectivity index (χ0) is 25.9. The largest absolute Gasteiger partial charge is 1.00 e. The van der Waals surface area contributed by atoms with Crippen molar-refractivity contribution in [2.24, 2.45) is 0 Å². The predicted molar refractivity (Wildman–Crippen MR) is 140 cm³/mol. The molecule has 0 aliphatic rings. The third-order valence-corrected chi connectivity index (χ3v) is 8.24. The maximum Gasteiger partial charge on any atom is 1.00 e. The Hall–Kier alpha value is -1.17. The predicted octanol–water partition coefficient (Wildman–Crippen LogP) is 0.0424. The van der Waals surface area contributed by atoms with E-state index in [0.717, 1.165) is 28.3 Å². The first-order valence-electron chi connectivity index (χ1n) is 10.8. The van der Waals surface area contributed by atoms with Gasteiger partial charge in [0.15, 0.2) is 5.78 Å². The first-order valence-corrected chi connectivity index (χ1v) is 14.2. The van der Waals surface area contributed by atoms with E-state index in [9.17, 15) is 22.6 Å². The number of thioether (sulfide) groups is 1. The van der Waals surface area contributed by atoms with Crippen LogP contribution in [0.5, 0.6) is 0 Å². The Kier molecular flexibility index (Phi) is 12.6. The quantitative estimate of drug-likeness (QED) is 0.0959. The monoisotopic (exact) mass is 578 g/mol. The van der Waals surface area contributed by atoms with E-state index in [0.29, 0.717) is 21.6 Å². The fraction of sp³-hybridized carbons (Fsp3) is 0.0714. The maximum atomic E-state index is 12.8. The van der Waals surface area contributed by atoms with Crippen LogP contribution in [0, 0.1) is 13.0 Å². The Morgan fingerprint density at radius 3 is 1.74 bits per heavy atom. The van der Waals surface area contributed by atoms with Crippen LogP contribution in [0.4, 0.5) is 0 Å². The van der Waals surface area contributed by atoms with Gasteiger partial charge < -0.3 is 9.35 Å². The Balaban J connectivity index is 0.00000253. The minimum absolute atomic E-state index is 0. The van der Waals surface area contributed by atoms with Gasteiger partial charge in [0.2, 0.25) is 0 Å². The van der Waals surface area contributed by atoms with Crippen LogP contribution in [0.3, 0.4) is 0 Å². The number of hydrogen-bond acceptors (Lipinski definition) is 7. The summed E-state index contributed by atoms with van der Waals surface area (Å²) < 4.78 is 36.0. The molecule has 0 spiro atoms. The minimum atomic E-state index is -4.85.